The molecule has 0 radical (unpaired) electrons. The smallest absolute Gasteiger partial charge is 0.251 e. The molecular weight excluding hydrogens is 516 g/mol. The Morgan fingerprint density at radius 1 is 1.05 bits per heavy atom. The zero-order chi connectivity index (χ0) is 28.3. The molecule has 2 N–H and O–H groups in total. The van der Waals surface area contributed by atoms with Gasteiger partial charge >= 0.3 is 0 Å². The summed E-state index contributed by atoms with van der Waals surface area (Å²) in [6.07, 6.45) is 0.407. The molecule has 2 aromatic carbocycles. The number of carbonyl (C=O) groups is 3. The van der Waals surface area contributed by atoms with Crippen LogP contribution in [0.4, 0.5) is 5.69 Å². The van der Waals surface area contributed by atoms with Crippen molar-refractivity contribution in [3.05, 3.63) is 60.2 Å². The number of carbonyl (C=O) groups excluding carboxylic acids is 3. The van der Waals surface area contributed by atoms with Crippen molar-refractivity contribution in [1.82, 2.24) is 15.5 Å². The van der Waals surface area contributed by atoms with Crippen LogP contribution in [0.15, 0.2) is 59.5 Å². The first-order valence-corrected chi connectivity index (χ1v) is 15.2. The number of fused-ring (bicyclic) bond motifs is 1. The number of Topliss-reactive ketones (excluding diaryl/α,β-unsaturated/α-hetero) is 1. The molecule has 210 valence electrons. The molecule has 0 aliphatic carbocycles. The highest BCUT2D eigenvalue weighted by atomic mass is 32.2. The molecule has 2 saturated heterocycles. The van der Waals surface area contributed by atoms with Gasteiger partial charge in [0.1, 0.15) is 17.5 Å². The van der Waals surface area contributed by atoms with Gasteiger partial charge in [0.05, 0.1) is 11.4 Å². The van der Waals surface area contributed by atoms with Gasteiger partial charge in [-0.2, -0.15) is 0 Å². The summed E-state index contributed by atoms with van der Waals surface area (Å²) in [4.78, 5) is 43.7. The van der Waals surface area contributed by atoms with Gasteiger partial charge in [-0.05, 0) is 62.6 Å². The van der Waals surface area contributed by atoms with Gasteiger partial charge in [-0.3, -0.25) is 14.4 Å². The third-order valence-corrected chi connectivity index (χ3v) is 9.63. The van der Waals surface area contributed by atoms with E-state index in [0.29, 0.717) is 12.0 Å². The average molecular weight is 555 g/mol. The molecule has 0 aromatic heterocycles. The summed E-state index contributed by atoms with van der Waals surface area (Å²) in [6.45, 7) is 9.74. The fraction of sp³-hybridized carbons (Fsp3) is 0.483. The summed E-state index contributed by atoms with van der Waals surface area (Å²) in [5.41, 5.74) is 1.40. The molecule has 0 bridgehead atoms. The number of nitrogens with one attached hydrogen (secondary N) is 2. The summed E-state index contributed by atoms with van der Waals surface area (Å²) >= 11 is 0. The lowest BCUT2D eigenvalue weighted by Gasteiger charge is -2.32. The largest absolute Gasteiger partial charge is 0.372 e. The van der Waals surface area contributed by atoms with Crippen LogP contribution >= 0.6 is 0 Å². The van der Waals surface area contributed by atoms with E-state index < -0.39 is 45.2 Å². The Hall–Kier alpha value is -3.24. The third-order valence-electron chi connectivity index (χ3n) is 7.57. The number of hydrogen-bond donors (Lipinski definition) is 2. The summed E-state index contributed by atoms with van der Waals surface area (Å²) < 4.78 is 27.4. The standard InChI is InChI=1S/C29H38N4O5S/c1-5-32(6-2)21-14-12-20(13-15-21)28(35)31-24(16-19(3)4)29(36)33-26(17-23-27(33)25(34)18-30-23)39(37,38)22-10-8-7-9-11-22/h7-15,19,23-24,26-27,30H,5-6,16-18H2,1-4H3,(H,31,35). The van der Waals surface area contributed by atoms with E-state index in [1.54, 1.807) is 30.3 Å². The summed E-state index contributed by atoms with van der Waals surface area (Å²) in [7, 11) is -3.96. The van der Waals surface area contributed by atoms with E-state index in [0.717, 1.165) is 18.8 Å². The van der Waals surface area contributed by atoms with Crippen molar-refractivity contribution in [3.63, 3.8) is 0 Å². The first-order chi connectivity index (χ1) is 18.6. The van der Waals surface area contributed by atoms with E-state index in [9.17, 15) is 22.8 Å². The van der Waals surface area contributed by atoms with E-state index >= 15 is 0 Å². The third kappa shape index (κ3) is 5.86. The summed E-state index contributed by atoms with van der Waals surface area (Å²) in [5.74, 6) is -1.16. The number of hydrogen-bond acceptors (Lipinski definition) is 7. The maximum absolute atomic E-state index is 14.1. The number of likely N-dealkylation sites (tertiary alicyclic amines) is 1. The van der Waals surface area contributed by atoms with E-state index in [-0.39, 0.29) is 29.6 Å². The van der Waals surface area contributed by atoms with Crippen LogP contribution in [0.1, 0.15) is 50.9 Å². The van der Waals surface area contributed by atoms with E-state index in [1.807, 2.05) is 26.0 Å². The van der Waals surface area contributed by atoms with Gasteiger partial charge in [-0.15, -0.1) is 0 Å². The molecule has 10 heteroatoms. The Morgan fingerprint density at radius 2 is 1.69 bits per heavy atom. The maximum atomic E-state index is 14.1. The Morgan fingerprint density at radius 3 is 2.28 bits per heavy atom. The summed E-state index contributed by atoms with van der Waals surface area (Å²) in [5, 5.41) is 4.72. The predicted molar refractivity (Wildman–Crippen MR) is 150 cm³/mol. The molecule has 9 nitrogen and oxygen atoms in total. The first kappa shape index (κ1) is 28.8. The number of benzene rings is 2. The van der Waals surface area contributed by atoms with Crippen LogP contribution in [0.25, 0.3) is 0 Å². The lowest BCUT2D eigenvalue weighted by molar-refractivity contribution is -0.139. The minimum absolute atomic E-state index is 0.0317. The molecule has 4 atom stereocenters. The van der Waals surface area contributed by atoms with E-state index in [1.165, 1.54) is 17.0 Å². The highest BCUT2D eigenvalue weighted by molar-refractivity contribution is 7.92. The lowest BCUT2D eigenvalue weighted by atomic mass is 10.0. The van der Waals surface area contributed by atoms with Crippen LogP contribution in [-0.4, -0.2) is 74.0 Å². The van der Waals surface area contributed by atoms with Gasteiger partial charge in [0.25, 0.3) is 5.91 Å². The van der Waals surface area contributed by atoms with Gasteiger partial charge in [-0.25, -0.2) is 8.42 Å². The second kappa shape index (κ2) is 11.9. The molecule has 0 spiro atoms. The minimum atomic E-state index is -3.96. The molecule has 2 fully saturated rings. The van der Waals surface area contributed by atoms with Gasteiger partial charge in [-0.1, -0.05) is 32.0 Å². The fourth-order valence-electron chi connectivity index (χ4n) is 5.59. The molecule has 0 saturated carbocycles. The van der Waals surface area contributed by atoms with Crippen molar-refractivity contribution in [2.45, 2.75) is 68.9 Å². The molecule has 2 aromatic rings. The Kier molecular flexibility index (Phi) is 8.76. The molecule has 4 rings (SSSR count). The van der Waals surface area contributed by atoms with Crippen molar-refractivity contribution in [3.8, 4) is 0 Å². The van der Waals surface area contributed by atoms with Crippen LogP contribution in [0, 0.1) is 5.92 Å². The Labute approximate surface area is 230 Å². The molecule has 2 amide bonds. The zero-order valence-electron chi connectivity index (χ0n) is 23.0. The highest BCUT2D eigenvalue weighted by Gasteiger charge is 2.55. The molecular formula is C29H38N4O5S. The van der Waals surface area contributed by atoms with Gasteiger partial charge < -0.3 is 20.4 Å². The number of amides is 2. The van der Waals surface area contributed by atoms with Crippen molar-refractivity contribution in [2.24, 2.45) is 5.92 Å². The average Bonchev–Trinajstić information content (AvgIpc) is 3.49. The number of rotatable bonds is 10. The predicted octanol–water partition coefficient (Wildman–Crippen LogP) is 2.62. The van der Waals surface area contributed by atoms with Crippen molar-refractivity contribution in [2.75, 3.05) is 24.5 Å². The van der Waals surface area contributed by atoms with Crippen LogP contribution in [-0.2, 0) is 19.4 Å². The van der Waals surface area contributed by atoms with Gasteiger partial charge in [0, 0.05) is 36.8 Å². The van der Waals surface area contributed by atoms with E-state index in [4.69, 9.17) is 0 Å². The zero-order valence-corrected chi connectivity index (χ0v) is 23.8. The SMILES string of the molecule is CCN(CC)c1ccc(C(=O)NC(CC(C)C)C(=O)N2C3C(=O)CNC3CC2S(=O)(=O)c2ccccc2)cc1. The Balaban J connectivity index is 1.63. The Bertz CT molecular complexity index is 1290. The van der Waals surface area contributed by atoms with Crippen LogP contribution < -0.4 is 15.5 Å². The van der Waals surface area contributed by atoms with Crippen LogP contribution in [0.5, 0.6) is 0 Å². The lowest BCUT2D eigenvalue weighted by Crippen LogP contribution is -2.56. The van der Waals surface area contributed by atoms with Gasteiger partial charge in [0.15, 0.2) is 15.6 Å². The van der Waals surface area contributed by atoms with E-state index in [2.05, 4.69) is 29.4 Å². The molecule has 2 aliphatic rings. The molecule has 4 unspecified atom stereocenters. The minimum Gasteiger partial charge on any atom is -0.372 e. The number of nitrogens with zero attached hydrogens (tertiary/aromatic N) is 2. The quantitative estimate of drug-likeness (QED) is 0.464. The molecule has 2 aliphatic heterocycles. The number of sulfone groups is 1. The maximum Gasteiger partial charge on any atom is 0.251 e. The topological polar surface area (TPSA) is 116 Å². The van der Waals surface area contributed by atoms with Gasteiger partial charge in [0.2, 0.25) is 5.91 Å². The van der Waals surface area contributed by atoms with Crippen molar-refractivity contribution < 1.29 is 22.8 Å². The molecule has 2 heterocycles. The molecule has 39 heavy (non-hydrogen) atoms. The number of ketones is 1. The second-order valence-electron chi connectivity index (χ2n) is 10.6. The normalized spacial score (nSPS) is 21.6. The highest BCUT2D eigenvalue weighted by Crippen LogP contribution is 2.35. The second-order valence-corrected chi connectivity index (χ2v) is 12.7. The van der Waals surface area contributed by atoms with Crippen molar-refractivity contribution >= 4 is 33.1 Å². The first-order valence-electron chi connectivity index (χ1n) is 13.6. The van der Waals surface area contributed by atoms with Crippen LogP contribution in [0.2, 0.25) is 0 Å². The summed E-state index contributed by atoms with van der Waals surface area (Å²) in [6, 6.07) is 12.8. The monoisotopic (exact) mass is 554 g/mol. The number of anilines is 1. The fourth-order valence-corrected chi connectivity index (χ4v) is 7.44. The van der Waals surface area contributed by atoms with Crippen molar-refractivity contribution in [1.29, 1.82) is 0 Å². The van der Waals surface area contributed by atoms with Crippen LogP contribution in [0.3, 0.4) is 0 Å².